The van der Waals surface area contributed by atoms with Crippen molar-refractivity contribution < 1.29 is 28.6 Å². The van der Waals surface area contributed by atoms with Crippen molar-refractivity contribution in [3.05, 3.63) is 24.3 Å². The van der Waals surface area contributed by atoms with Crippen LogP contribution in [-0.4, -0.2) is 37.2 Å². The summed E-state index contributed by atoms with van der Waals surface area (Å²) in [6, 6.07) is 0. The smallest absolute Gasteiger partial charge is 0.306 e. The van der Waals surface area contributed by atoms with E-state index in [1.165, 1.54) is 39.0 Å². The first-order valence-corrected chi connectivity index (χ1v) is 12.3. The summed E-state index contributed by atoms with van der Waals surface area (Å²) in [7, 11) is 0. The minimum absolute atomic E-state index is 0.0991. The molecular weight excluding hydrogens is 408 g/mol. The van der Waals surface area contributed by atoms with Crippen LogP contribution in [0.4, 0.5) is 0 Å². The van der Waals surface area contributed by atoms with Crippen LogP contribution in [0.25, 0.3) is 0 Å². The summed E-state index contributed by atoms with van der Waals surface area (Å²) in [5.74, 6) is -1.22. The van der Waals surface area contributed by atoms with E-state index in [-0.39, 0.29) is 25.6 Å². The molecule has 6 nitrogen and oxygen atoms in total. The largest absolute Gasteiger partial charge is 0.462 e. The van der Waals surface area contributed by atoms with Gasteiger partial charge in [0.05, 0.1) is 0 Å². The van der Waals surface area contributed by atoms with Gasteiger partial charge < -0.3 is 14.2 Å². The molecule has 0 aliphatic heterocycles. The van der Waals surface area contributed by atoms with E-state index in [1.54, 1.807) is 6.92 Å². The maximum atomic E-state index is 11.9. The van der Waals surface area contributed by atoms with Crippen LogP contribution in [0.1, 0.15) is 104 Å². The minimum atomic E-state index is -0.764. The number of carbonyl (C=O) groups excluding carboxylic acids is 3. The highest BCUT2D eigenvalue weighted by Crippen LogP contribution is 2.09. The number of rotatable bonds is 20. The van der Waals surface area contributed by atoms with E-state index in [9.17, 15) is 14.4 Å². The first-order valence-electron chi connectivity index (χ1n) is 12.3. The lowest BCUT2D eigenvalue weighted by molar-refractivity contribution is -0.165. The Hall–Kier alpha value is -2.11. The molecule has 0 N–H and O–H groups in total. The van der Waals surface area contributed by atoms with Crippen LogP contribution in [0, 0.1) is 0 Å². The molecule has 1 unspecified atom stereocenters. The van der Waals surface area contributed by atoms with Crippen molar-refractivity contribution in [1.82, 2.24) is 0 Å². The lowest BCUT2D eigenvalue weighted by Gasteiger charge is -2.17. The molecule has 0 radical (unpaired) electrons. The molecule has 0 rings (SSSR count). The Bertz CT molecular complexity index is 553. The molecule has 0 aromatic heterocycles. The van der Waals surface area contributed by atoms with Gasteiger partial charge in [-0.25, -0.2) is 0 Å². The van der Waals surface area contributed by atoms with Gasteiger partial charge in [0.25, 0.3) is 0 Å². The number of hydrogen-bond donors (Lipinski definition) is 0. The lowest BCUT2D eigenvalue weighted by atomic mass is 10.1. The molecular formula is C26H44O6. The zero-order valence-electron chi connectivity index (χ0n) is 20.4. The summed E-state index contributed by atoms with van der Waals surface area (Å²) in [6.07, 6.45) is 21.2. The van der Waals surface area contributed by atoms with Gasteiger partial charge >= 0.3 is 17.9 Å². The second kappa shape index (κ2) is 22.1. The number of allylic oxidation sites excluding steroid dienone is 4. The van der Waals surface area contributed by atoms with Gasteiger partial charge in [-0.15, -0.1) is 0 Å². The van der Waals surface area contributed by atoms with E-state index in [1.807, 2.05) is 0 Å². The summed E-state index contributed by atoms with van der Waals surface area (Å²) in [4.78, 5) is 34.3. The molecule has 0 heterocycles. The van der Waals surface area contributed by atoms with E-state index in [4.69, 9.17) is 14.2 Å². The van der Waals surface area contributed by atoms with Gasteiger partial charge in [-0.05, 0) is 38.5 Å². The molecule has 0 aromatic carbocycles. The predicted molar refractivity (Wildman–Crippen MR) is 127 cm³/mol. The average Bonchev–Trinajstić information content (AvgIpc) is 2.77. The molecule has 0 aliphatic carbocycles. The van der Waals surface area contributed by atoms with Crippen molar-refractivity contribution >= 4 is 17.9 Å². The summed E-state index contributed by atoms with van der Waals surface area (Å²) in [6.45, 7) is 4.95. The highest BCUT2D eigenvalue weighted by atomic mass is 16.6. The topological polar surface area (TPSA) is 78.9 Å². The molecule has 0 fully saturated rings. The van der Waals surface area contributed by atoms with Crippen LogP contribution < -0.4 is 0 Å². The molecule has 0 saturated heterocycles. The van der Waals surface area contributed by atoms with Crippen molar-refractivity contribution in [2.24, 2.45) is 0 Å². The fourth-order valence-corrected chi connectivity index (χ4v) is 2.93. The highest BCUT2D eigenvalue weighted by molar-refractivity contribution is 5.70. The molecule has 184 valence electrons. The average molecular weight is 453 g/mol. The summed E-state index contributed by atoms with van der Waals surface area (Å²) in [5, 5.41) is 0. The third-order valence-electron chi connectivity index (χ3n) is 4.82. The quantitative estimate of drug-likeness (QED) is 0.0943. The molecule has 0 aliphatic rings. The van der Waals surface area contributed by atoms with Gasteiger partial charge in [-0.3, -0.25) is 14.4 Å². The van der Waals surface area contributed by atoms with Crippen LogP contribution in [0.5, 0.6) is 0 Å². The van der Waals surface area contributed by atoms with Crippen molar-refractivity contribution in [1.29, 1.82) is 0 Å². The van der Waals surface area contributed by atoms with E-state index in [0.29, 0.717) is 6.42 Å². The standard InChI is InChI=1S/C26H44O6/c1-4-6-7-8-9-10-11-12-13-14-15-16-17-18-19-20-26(29)31-22-24(21-30-23(3)27)32-25(28)5-2/h9-10,12-13,24H,4-8,11,14-22H2,1-3H3/b10-9-,13-12-. The third-order valence-corrected chi connectivity index (χ3v) is 4.82. The van der Waals surface area contributed by atoms with Crippen LogP contribution in [0.15, 0.2) is 24.3 Å². The summed E-state index contributed by atoms with van der Waals surface area (Å²) >= 11 is 0. The van der Waals surface area contributed by atoms with Gasteiger partial charge in [-0.2, -0.15) is 0 Å². The van der Waals surface area contributed by atoms with Crippen LogP contribution in [0.3, 0.4) is 0 Å². The van der Waals surface area contributed by atoms with Gasteiger partial charge in [0.1, 0.15) is 13.2 Å². The Kier molecular flexibility index (Phi) is 20.6. The molecule has 0 aromatic rings. The van der Waals surface area contributed by atoms with Crippen molar-refractivity contribution in [2.75, 3.05) is 13.2 Å². The highest BCUT2D eigenvalue weighted by Gasteiger charge is 2.17. The van der Waals surface area contributed by atoms with Crippen molar-refractivity contribution in [3.63, 3.8) is 0 Å². The van der Waals surface area contributed by atoms with E-state index in [0.717, 1.165) is 38.5 Å². The normalized spacial score (nSPS) is 12.2. The molecule has 0 spiro atoms. The van der Waals surface area contributed by atoms with Gasteiger partial charge in [-0.1, -0.05) is 70.3 Å². The molecule has 32 heavy (non-hydrogen) atoms. The zero-order valence-corrected chi connectivity index (χ0v) is 20.4. The number of unbranched alkanes of at least 4 members (excludes halogenated alkanes) is 8. The monoisotopic (exact) mass is 452 g/mol. The fraction of sp³-hybridized carbons (Fsp3) is 0.731. The van der Waals surface area contributed by atoms with Crippen molar-refractivity contribution in [2.45, 2.75) is 110 Å². The van der Waals surface area contributed by atoms with E-state index >= 15 is 0 Å². The predicted octanol–water partition coefficient (Wildman–Crippen LogP) is 6.23. The second-order valence-corrected chi connectivity index (χ2v) is 7.93. The third kappa shape index (κ3) is 21.1. The maximum absolute atomic E-state index is 11.9. The Morgan fingerprint density at radius 1 is 0.719 bits per heavy atom. The molecule has 0 amide bonds. The Labute approximate surface area is 194 Å². The zero-order chi connectivity index (χ0) is 23.9. The second-order valence-electron chi connectivity index (χ2n) is 7.93. The summed E-state index contributed by atoms with van der Waals surface area (Å²) in [5.41, 5.74) is 0. The van der Waals surface area contributed by atoms with Gasteiger partial charge in [0.2, 0.25) is 0 Å². The number of carbonyl (C=O) groups is 3. The Balaban J connectivity index is 3.71. The van der Waals surface area contributed by atoms with Crippen LogP contribution in [0.2, 0.25) is 0 Å². The van der Waals surface area contributed by atoms with E-state index in [2.05, 4.69) is 31.2 Å². The fourth-order valence-electron chi connectivity index (χ4n) is 2.93. The summed E-state index contributed by atoms with van der Waals surface area (Å²) < 4.78 is 15.2. The Morgan fingerprint density at radius 3 is 1.94 bits per heavy atom. The molecule has 0 saturated carbocycles. The van der Waals surface area contributed by atoms with Crippen LogP contribution >= 0.6 is 0 Å². The van der Waals surface area contributed by atoms with Crippen LogP contribution in [-0.2, 0) is 28.6 Å². The Morgan fingerprint density at radius 2 is 1.31 bits per heavy atom. The first kappa shape index (κ1) is 29.9. The van der Waals surface area contributed by atoms with Gasteiger partial charge in [0, 0.05) is 19.8 Å². The van der Waals surface area contributed by atoms with Crippen molar-refractivity contribution in [3.8, 4) is 0 Å². The molecule has 6 heteroatoms. The molecule has 1 atom stereocenters. The van der Waals surface area contributed by atoms with E-state index < -0.39 is 18.0 Å². The number of esters is 3. The maximum Gasteiger partial charge on any atom is 0.306 e. The first-order chi connectivity index (χ1) is 15.5. The number of ether oxygens (including phenoxy) is 3. The van der Waals surface area contributed by atoms with Gasteiger partial charge in [0.15, 0.2) is 6.10 Å². The minimum Gasteiger partial charge on any atom is -0.462 e. The SMILES string of the molecule is CCCCC/C=C\C/C=C\CCCCCCCC(=O)OCC(COC(C)=O)OC(=O)CC. The lowest BCUT2D eigenvalue weighted by Crippen LogP contribution is -2.30. The number of hydrogen-bond acceptors (Lipinski definition) is 6. The molecule has 0 bridgehead atoms.